The van der Waals surface area contributed by atoms with Crippen molar-refractivity contribution in [2.45, 2.75) is 6.42 Å². The first-order chi connectivity index (χ1) is 2.43. The van der Waals surface area contributed by atoms with Crippen LogP contribution in [0.1, 0.15) is 6.42 Å². The van der Waals surface area contributed by atoms with E-state index >= 15 is 0 Å². The number of hydrogen-bond donors (Lipinski definition) is 1. The third-order valence-corrected chi connectivity index (χ3v) is 0.515. The second kappa shape index (κ2) is 0.708. The lowest BCUT2D eigenvalue weighted by molar-refractivity contribution is 0.320. The lowest BCUT2D eigenvalue weighted by atomic mass is 10.9. The smallest absolute Gasteiger partial charge is 0.0618 e. The van der Waals surface area contributed by atoms with Crippen LogP contribution in [0.3, 0.4) is 0 Å². The molecular weight excluding hydrogens is 66.0 g/mol. The molecular formula is C3H4NO. The van der Waals surface area contributed by atoms with Crippen molar-refractivity contribution in [3.63, 3.8) is 0 Å². The Labute approximate surface area is 30.1 Å². The minimum absolute atomic E-state index is 0.810. The van der Waals surface area contributed by atoms with Gasteiger partial charge in [-0.05, 0) is 6.42 Å². The van der Waals surface area contributed by atoms with Gasteiger partial charge in [0.15, 0.2) is 0 Å². The molecule has 1 fully saturated rings. The molecule has 1 saturated carbocycles. The maximum absolute atomic E-state index is 7.76. The molecule has 0 atom stereocenters. The Balaban J connectivity index is 2.46. The molecule has 0 aliphatic heterocycles. The number of oxime groups is 1. The summed E-state index contributed by atoms with van der Waals surface area (Å²) in [5, 5.41) is 10.6. The van der Waals surface area contributed by atoms with Crippen LogP contribution in [0.15, 0.2) is 5.16 Å². The fourth-order valence-corrected chi connectivity index (χ4v) is 0.127. The SMILES string of the molecule is O/N=C1\[CH]C1. The van der Waals surface area contributed by atoms with E-state index in [1.54, 1.807) is 0 Å². The Hall–Kier alpha value is -0.530. The maximum Gasteiger partial charge on any atom is 0.0618 e. The van der Waals surface area contributed by atoms with Crippen LogP contribution < -0.4 is 0 Å². The van der Waals surface area contributed by atoms with E-state index in [2.05, 4.69) is 5.16 Å². The predicted molar refractivity (Wildman–Crippen MR) is 18.1 cm³/mol. The Bertz CT molecular complexity index is 61.3. The third kappa shape index (κ3) is 0.375. The maximum atomic E-state index is 7.76. The van der Waals surface area contributed by atoms with Crippen molar-refractivity contribution >= 4 is 5.71 Å². The van der Waals surface area contributed by atoms with E-state index < -0.39 is 0 Å². The molecule has 1 N–H and O–H groups in total. The summed E-state index contributed by atoms with van der Waals surface area (Å²) in [4.78, 5) is 0. The Morgan fingerprint density at radius 2 is 2.60 bits per heavy atom. The van der Waals surface area contributed by atoms with Gasteiger partial charge in [0.2, 0.25) is 0 Å². The summed E-state index contributed by atoms with van der Waals surface area (Å²) in [7, 11) is 0. The highest BCUT2D eigenvalue weighted by molar-refractivity contribution is 6.07. The molecule has 0 aromatic rings. The Morgan fingerprint density at radius 1 is 2.00 bits per heavy atom. The molecule has 0 amide bonds. The van der Waals surface area contributed by atoms with Gasteiger partial charge in [0.05, 0.1) is 5.71 Å². The molecule has 2 nitrogen and oxygen atoms in total. The average Bonchev–Trinajstić information content (AvgIpc) is 2.12. The molecule has 5 heavy (non-hydrogen) atoms. The highest BCUT2D eigenvalue weighted by Crippen LogP contribution is 2.10. The van der Waals surface area contributed by atoms with Gasteiger partial charge in [0, 0.05) is 6.42 Å². The van der Waals surface area contributed by atoms with Gasteiger partial charge in [-0.2, -0.15) is 0 Å². The molecule has 1 rings (SSSR count). The molecule has 0 spiro atoms. The van der Waals surface area contributed by atoms with Crippen LogP contribution in [0.25, 0.3) is 0 Å². The minimum atomic E-state index is 0.810. The standard InChI is InChI=1S/C3H4NO/c5-4-3-1-2-3/h1,5H,2H2/b4-3+. The molecule has 2 heteroatoms. The second-order valence-corrected chi connectivity index (χ2v) is 1.000. The minimum Gasteiger partial charge on any atom is -0.411 e. The summed E-state index contributed by atoms with van der Waals surface area (Å²) >= 11 is 0. The summed E-state index contributed by atoms with van der Waals surface area (Å²) in [6, 6.07) is 0. The van der Waals surface area contributed by atoms with E-state index in [0.29, 0.717) is 0 Å². The molecule has 0 unspecified atom stereocenters. The van der Waals surface area contributed by atoms with Gasteiger partial charge in [-0.3, -0.25) is 0 Å². The normalized spacial score (nSPS) is 27.6. The van der Waals surface area contributed by atoms with Crippen LogP contribution in [0, 0.1) is 6.42 Å². The van der Waals surface area contributed by atoms with Gasteiger partial charge in [-0.25, -0.2) is 0 Å². The predicted octanol–water partition coefficient (Wildman–Crippen LogP) is 0.425. The quantitative estimate of drug-likeness (QED) is 0.325. The summed E-state index contributed by atoms with van der Waals surface area (Å²) in [6.07, 6.45) is 2.73. The molecule has 0 aromatic carbocycles. The topological polar surface area (TPSA) is 32.6 Å². The van der Waals surface area contributed by atoms with Crippen LogP contribution in [0.5, 0.6) is 0 Å². The lowest BCUT2D eigenvalue weighted by Crippen LogP contribution is -1.55. The second-order valence-electron chi connectivity index (χ2n) is 1.000. The van der Waals surface area contributed by atoms with Crippen molar-refractivity contribution in [1.29, 1.82) is 0 Å². The Kier molecular flexibility index (Phi) is 0.381. The molecule has 0 aromatic heterocycles. The summed E-state index contributed by atoms with van der Waals surface area (Å²) in [5.41, 5.74) is 0.810. The lowest BCUT2D eigenvalue weighted by Gasteiger charge is -1.56. The summed E-state index contributed by atoms with van der Waals surface area (Å²) < 4.78 is 0. The first-order valence-corrected chi connectivity index (χ1v) is 1.47. The van der Waals surface area contributed by atoms with Gasteiger partial charge in [-0.15, -0.1) is 0 Å². The van der Waals surface area contributed by atoms with Crippen LogP contribution in [0.2, 0.25) is 0 Å². The van der Waals surface area contributed by atoms with Gasteiger partial charge in [-0.1, -0.05) is 5.16 Å². The largest absolute Gasteiger partial charge is 0.411 e. The molecule has 1 aliphatic carbocycles. The fraction of sp³-hybridized carbons (Fsp3) is 0.333. The first kappa shape index (κ1) is 2.69. The first-order valence-electron chi connectivity index (χ1n) is 1.47. The highest BCUT2D eigenvalue weighted by atomic mass is 16.4. The van der Waals surface area contributed by atoms with E-state index in [1.165, 1.54) is 0 Å². The zero-order valence-corrected chi connectivity index (χ0v) is 2.68. The van der Waals surface area contributed by atoms with Gasteiger partial charge >= 0.3 is 0 Å². The van der Waals surface area contributed by atoms with Crippen molar-refractivity contribution in [3.05, 3.63) is 6.42 Å². The molecule has 1 radical (unpaired) electrons. The average molecular weight is 70.1 g/mol. The van der Waals surface area contributed by atoms with Crippen molar-refractivity contribution in [1.82, 2.24) is 0 Å². The van der Waals surface area contributed by atoms with Crippen LogP contribution in [0.4, 0.5) is 0 Å². The molecule has 1 aliphatic rings. The molecule has 0 bridgehead atoms. The van der Waals surface area contributed by atoms with Crippen molar-refractivity contribution in [2.24, 2.45) is 5.16 Å². The zero-order chi connectivity index (χ0) is 3.70. The Morgan fingerprint density at radius 3 is 2.60 bits per heavy atom. The number of hydrogen-bond acceptors (Lipinski definition) is 2. The van der Waals surface area contributed by atoms with E-state index in [4.69, 9.17) is 5.21 Å². The molecule has 0 heterocycles. The van der Waals surface area contributed by atoms with Crippen molar-refractivity contribution in [3.8, 4) is 0 Å². The number of rotatable bonds is 0. The van der Waals surface area contributed by atoms with E-state index in [9.17, 15) is 0 Å². The van der Waals surface area contributed by atoms with E-state index in [0.717, 1.165) is 12.1 Å². The fourth-order valence-electron chi connectivity index (χ4n) is 0.127. The van der Waals surface area contributed by atoms with Crippen molar-refractivity contribution in [2.75, 3.05) is 0 Å². The van der Waals surface area contributed by atoms with Crippen LogP contribution in [-0.2, 0) is 0 Å². The zero-order valence-electron chi connectivity index (χ0n) is 2.68. The summed E-state index contributed by atoms with van der Waals surface area (Å²) in [5.74, 6) is 0. The third-order valence-electron chi connectivity index (χ3n) is 0.515. The van der Waals surface area contributed by atoms with Gasteiger partial charge in [0.25, 0.3) is 0 Å². The summed E-state index contributed by atoms with van der Waals surface area (Å²) in [6.45, 7) is 0. The van der Waals surface area contributed by atoms with E-state index in [-0.39, 0.29) is 0 Å². The van der Waals surface area contributed by atoms with Gasteiger partial charge < -0.3 is 5.21 Å². The highest BCUT2D eigenvalue weighted by Gasteiger charge is 2.13. The van der Waals surface area contributed by atoms with Crippen LogP contribution >= 0.6 is 0 Å². The van der Waals surface area contributed by atoms with E-state index in [1.807, 2.05) is 6.42 Å². The monoisotopic (exact) mass is 70.0 g/mol. The molecule has 0 saturated heterocycles. The van der Waals surface area contributed by atoms with Crippen molar-refractivity contribution < 1.29 is 5.21 Å². The number of nitrogens with zero attached hydrogens (tertiary/aromatic N) is 1. The van der Waals surface area contributed by atoms with Gasteiger partial charge in [0.1, 0.15) is 0 Å². The molecule has 27 valence electrons. The van der Waals surface area contributed by atoms with Crippen LogP contribution in [-0.4, -0.2) is 10.9 Å².